The lowest BCUT2D eigenvalue weighted by Crippen LogP contribution is -2.51. The number of halogens is 5. The maximum absolute atomic E-state index is 12.3. The molecule has 0 atom stereocenters. The Morgan fingerprint density at radius 2 is 2.08 bits per heavy atom. The van der Waals surface area contributed by atoms with Crippen LogP contribution in [0.25, 0.3) is 0 Å². The van der Waals surface area contributed by atoms with E-state index in [4.69, 9.17) is 11.6 Å². The average Bonchev–Trinajstić information content (AvgIpc) is 2.41. The molecule has 1 aliphatic rings. The molecule has 0 unspecified atom stereocenters. The highest BCUT2D eigenvalue weighted by Crippen LogP contribution is 2.24. The Morgan fingerprint density at radius 3 is 2.58 bits per heavy atom. The summed E-state index contributed by atoms with van der Waals surface area (Å²) < 4.78 is 36.4. The smallest absolute Gasteiger partial charge is 0.380 e. The third-order valence-corrected chi connectivity index (χ3v) is 3.96. The summed E-state index contributed by atoms with van der Waals surface area (Å²) in [5.74, 6) is -0.381. The Kier molecular flexibility index (Phi) is 7.63. The standard InChI is InChI=1S/C15H19ClF3N3O.ClH/c1-22(6-2-5-15(17,18)19)14(23)12-4-3-10(7-13(12)16)21-11-8-20-9-11;/h3-4,7,11,20-21H,2,5-6,8-9H2,1H3;1H. The quantitative estimate of drug-likeness (QED) is 0.786. The van der Waals surface area contributed by atoms with Gasteiger partial charge in [-0.3, -0.25) is 4.79 Å². The van der Waals surface area contributed by atoms with Crippen LogP contribution < -0.4 is 10.6 Å². The Balaban J connectivity index is 0.00000288. The van der Waals surface area contributed by atoms with E-state index in [9.17, 15) is 18.0 Å². The number of nitrogens with one attached hydrogen (secondary N) is 2. The SMILES string of the molecule is CN(CCCC(F)(F)F)C(=O)c1ccc(NC2CNC2)cc1Cl.Cl. The third-order valence-electron chi connectivity index (χ3n) is 3.65. The fraction of sp³-hybridized carbons (Fsp3) is 0.533. The molecule has 1 heterocycles. The summed E-state index contributed by atoms with van der Waals surface area (Å²) in [6.07, 6.45) is -5.24. The minimum absolute atomic E-state index is 0. The molecule has 1 aromatic rings. The zero-order chi connectivity index (χ0) is 17.0. The Labute approximate surface area is 150 Å². The first-order valence-corrected chi connectivity index (χ1v) is 7.73. The summed E-state index contributed by atoms with van der Waals surface area (Å²) in [4.78, 5) is 13.5. The van der Waals surface area contributed by atoms with Crippen molar-refractivity contribution in [1.82, 2.24) is 10.2 Å². The fourth-order valence-corrected chi connectivity index (χ4v) is 2.49. The number of carbonyl (C=O) groups is 1. The topological polar surface area (TPSA) is 44.4 Å². The van der Waals surface area contributed by atoms with Gasteiger partial charge in [-0.05, 0) is 24.6 Å². The second-order valence-electron chi connectivity index (χ2n) is 5.64. The number of alkyl halides is 3. The normalized spacial score (nSPS) is 14.5. The molecule has 0 saturated carbocycles. The van der Waals surface area contributed by atoms with Gasteiger partial charge in [0.15, 0.2) is 0 Å². The van der Waals surface area contributed by atoms with Crippen LogP contribution in [0.5, 0.6) is 0 Å². The maximum Gasteiger partial charge on any atom is 0.389 e. The van der Waals surface area contributed by atoms with Gasteiger partial charge in [0.2, 0.25) is 0 Å². The van der Waals surface area contributed by atoms with E-state index in [1.54, 1.807) is 18.2 Å². The first-order chi connectivity index (χ1) is 10.8. The molecule has 0 bridgehead atoms. The van der Waals surface area contributed by atoms with Crippen LogP contribution in [0.3, 0.4) is 0 Å². The summed E-state index contributed by atoms with van der Waals surface area (Å²) in [5.41, 5.74) is 1.11. The van der Waals surface area contributed by atoms with E-state index >= 15 is 0 Å². The molecule has 24 heavy (non-hydrogen) atoms. The summed E-state index contributed by atoms with van der Waals surface area (Å²) in [7, 11) is 1.47. The van der Waals surface area contributed by atoms with Crippen molar-refractivity contribution in [2.75, 3.05) is 32.0 Å². The van der Waals surface area contributed by atoms with Gasteiger partial charge in [0.05, 0.1) is 16.6 Å². The second-order valence-corrected chi connectivity index (χ2v) is 6.05. The van der Waals surface area contributed by atoms with Crippen molar-refractivity contribution in [3.8, 4) is 0 Å². The van der Waals surface area contributed by atoms with Crippen molar-refractivity contribution in [3.63, 3.8) is 0 Å². The molecule has 1 amide bonds. The van der Waals surface area contributed by atoms with E-state index in [-0.39, 0.29) is 36.3 Å². The molecule has 0 aromatic heterocycles. The summed E-state index contributed by atoms with van der Waals surface area (Å²) >= 11 is 6.14. The van der Waals surface area contributed by atoms with Crippen molar-refractivity contribution in [3.05, 3.63) is 28.8 Å². The number of hydrogen-bond acceptors (Lipinski definition) is 3. The number of amides is 1. The molecule has 0 aliphatic carbocycles. The molecule has 4 nitrogen and oxygen atoms in total. The van der Waals surface area contributed by atoms with Gasteiger partial charge in [0.25, 0.3) is 5.91 Å². The average molecular weight is 386 g/mol. The molecule has 0 spiro atoms. The lowest BCUT2D eigenvalue weighted by Gasteiger charge is -2.29. The van der Waals surface area contributed by atoms with Crippen molar-refractivity contribution in [1.29, 1.82) is 0 Å². The molecular weight excluding hydrogens is 366 g/mol. The van der Waals surface area contributed by atoms with Gasteiger partial charge in [0, 0.05) is 38.8 Å². The van der Waals surface area contributed by atoms with Crippen LogP contribution in [0.2, 0.25) is 5.02 Å². The zero-order valence-electron chi connectivity index (χ0n) is 13.1. The number of anilines is 1. The number of carbonyl (C=O) groups excluding carboxylic acids is 1. The van der Waals surface area contributed by atoms with E-state index in [0.717, 1.165) is 18.8 Å². The van der Waals surface area contributed by atoms with Crippen LogP contribution in [-0.2, 0) is 0 Å². The van der Waals surface area contributed by atoms with E-state index < -0.39 is 12.6 Å². The van der Waals surface area contributed by atoms with E-state index in [0.29, 0.717) is 11.6 Å². The van der Waals surface area contributed by atoms with Gasteiger partial charge in [-0.15, -0.1) is 12.4 Å². The molecule has 1 aliphatic heterocycles. The monoisotopic (exact) mass is 385 g/mol. The van der Waals surface area contributed by atoms with Gasteiger partial charge in [-0.25, -0.2) is 0 Å². The molecule has 2 rings (SSSR count). The summed E-state index contributed by atoms with van der Waals surface area (Å²) in [6.45, 7) is 1.78. The van der Waals surface area contributed by atoms with Crippen molar-refractivity contribution in [2.45, 2.75) is 25.1 Å². The number of rotatable bonds is 6. The van der Waals surface area contributed by atoms with Gasteiger partial charge in [-0.1, -0.05) is 11.6 Å². The van der Waals surface area contributed by atoms with E-state index in [1.165, 1.54) is 11.9 Å². The fourth-order valence-electron chi connectivity index (χ4n) is 2.23. The van der Waals surface area contributed by atoms with E-state index in [2.05, 4.69) is 10.6 Å². The lowest BCUT2D eigenvalue weighted by atomic mass is 10.1. The van der Waals surface area contributed by atoms with Crippen LogP contribution in [0.15, 0.2) is 18.2 Å². The van der Waals surface area contributed by atoms with Gasteiger partial charge in [-0.2, -0.15) is 13.2 Å². The highest BCUT2D eigenvalue weighted by molar-refractivity contribution is 6.34. The molecular formula is C15H20Cl2F3N3O. The maximum atomic E-state index is 12.3. The van der Waals surface area contributed by atoms with Crippen LogP contribution in [0.4, 0.5) is 18.9 Å². The summed E-state index contributed by atoms with van der Waals surface area (Å²) in [5, 5.41) is 6.69. The van der Waals surface area contributed by atoms with Crippen molar-refractivity contribution in [2.24, 2.45) is 0 Å². The highest BCUT2D eigenvalue weighted by Gasteiger charge is 2.27. The highest BCUT2D eigenvalue weighted by atomic mass is 35.5. The number of hydrogen-bond donors (Lipinski definition) is 2. The molecule has 1 aromatic carbocycles. The molecule has 0 radical (unpaired) electrons. The molecule has 1 fully saturated rings. The first kappa shape index (κ1) is 20.9. The summed E-state index contributed by atoms with van der Waals surface area (Å²) in [6, 6.07) is 5.36. The van der Waals surface area contributed by atoms with Crippen LogP contribution in [0, 0.1) is 0 Å². The van der Waals surface area contributed by atoms with Gasteiger partial charge in [0.1, 0.15) is 0 Å². The van der Waals surface area contributed by atoms with Crippen molar-refractivity contribution < 1.29 is 18.0 Å². The largest absolute Gasteiger partial charge is 0.389 e. The third kappa shape index (κ3) is 6.03. The molecule has 9 heteroatoms. The van der Waals surface area contributed by atoms with Crippen LogP contribution in [0.1, 0.15) is 23.2 Å². The van der Waals surface area contributed by atoms with Crippen LogP contribution in [-0.4, -0.2) is 49.7 Å². The Hall–Kier alpha value is -1.18. The Bertz CT molecular complexity index is 565. The Morgan fingerprint density at radius 1 is 1.42 bits per heavy atom. The number of nitrogens with zero attached hydrogens (tertiary/aromatic N) is 1. The van der Waals surface area contributed by atoms with E-state index in [1.807, 2.05) is 0 Å². The predicted molar refractivity (Wildman–Crippen MR) is 91.2 cm³/mol. The minimum atomic E-state index is -4.20. The first-order valence-electron chi connectivity index (χ1n) is 7.35. The lowest BCUT2D eigenvalue weighted by molar-refractivity contribution is -0.135. The molecule has 1 saturated heterocycles. The van der Waals surface area contributed by atoms with Gasteiger partial charge < -0.3 is 15.5 Å². The zero-order valence-corrected chi connectivity index (χ0v) is 14.7. The van der Waals surface area contributed by atoms with Crippen molar-refractivity contribution >= 4 is 35.6 Å². The van der Waals surface area contributed by atoms with Crippen LogP contribution >= 0.6 is 24.0 Å². The second kappa shape index (κ2) is 8.78. The molecule has 136 valence electrons. The number of benzene rings is 1. The minimum Gasteiger partial charge on any atom is -0.380 e. The predicted octanol–water partition coefficient (Wildman–Crippen LogP) is 3.56. The molecule has 2 N–H and O–H groups in total. The van der Waals surface area contributed by atoms with Gasteiger partial charge >= 0.3 is 6.18 Å².